The number of rotatable bonds is 5. The number of amides is 2. The Balaban J connectivity index is 2.71. The molecule has 0 aliphatic carbocycles. The summed E-state index contributed by atoms with van der Waals surface area (Å²) in [6.07, 6.45) is 0. The third-order valence-electron chi connectivity index (χ3n) is 2.48. The number of carbonyl (C=O) groups excluding carboxylic acids is 2. The van der Waals surface area contributed by atoms with Crippen molar-refractivity contribution in [2.75, 3.05) is 6.61 Å². The van der Waals surface area contributed by atoms with E-state index in [9.17, 15) is 9.59 Å². The van der Waals surface area contributed by atoms with Gasteiger partial charge >= 0.3 is 0 Å². The van der Waals surface area contributed by atoms with Crippen LogP contribution in [0.15, 0.2) is 24.3 Å². The zero-order valence-corrected chi connectivity index (χ0v) is 11.4. The highest BCUT2D eigenvalue weighted by atomic mass is 16.3. The van der Waals surface area contributed by atoms with Gasteiger partial charge in [0, 0.05) is 23.2 Å². The van der Waals surface area contributed by atoms with Crippen LogP contribution in [0, 0.1) is 0 Å². The molecule has 5 nitrogen and oxygen atoms in total. The molecule has 0 aliphatic heterocycles. The minimum atomic E-state index is -0.295. The Hall–Kier alpha value is -1.88. The van der Waals surface area contributed by atoms with Gasteiger partial charge < -0.3 is 15.7 Å². The topological polar surface area (TPSA) is 78.4 Å². The molecular weight excluding hydrogens is 244 g/mol. The van der Waals surface area contributed by atoms with E-state index in [2.05, 4.69) is 10.6 Å². The minimum absolute atomic E-state index is 0.0703. The second-order valence-corrected chi connectivity index (χ2v) is 4.76. The predicted molar refractivity (Wildman–Crippen MR) is 73.1 cm³/mol. The number of hydrogen-bond acceptors (Lipinski definition) is 3. The van der Waals surface area contributed by atoms with Crippen LogP contribution >= 0.6 is 0 Å². The summed E-state index contributed by atoms with van der Waals surface area (Å²) < 4.78 is 0. The first-order valence-electron chi connectivity index (χ1n) is 6.26. The van der Waals surface area contributed by atoms with Crippen molar-refractivity contribution in [1.29, 1.82) is 0 Å². The van der Waals surface area contributed by atoms with Crippen LogP contribution in [0.25, 0.3) is 0 Å². The van der Waals surface area contributed by atoms with E-state index in [4.69, 9.17) is 5.11 Å². The Labute approximate surface area is 113 Å². The van der Waals surface area contributed by atoms with Crippen LogP contribution in [-0.2, 0) is 0 Å². The molecule has 0 saturated carbocycles. The molecular formula is C14H20N2O3. The van der Waals surface area contributed by atoms with E-state index < -0.39 is 0 Å². The van der Waals surface area contributed by atoms with Crippen molar-refractivity contribution < 1.29 is 14.7 Å². The summed E-state index contributed by atoms with van der Waals surface area (Å²) in [5.41, 5.74) is 0.974. The molecule has 0 aliphatic rings. The third kappa shape index (κ3) is 4.71. The fraction of sp³-hybridized carbons (Fsp3) is 0.429. The van der Waals surface area contributed by atoms with E-state index in [-0.39, 0.29) is 30.5 Å². The first-order chi connectivity index (χ1) is 8.93. The number of hydrogen-bond donors (Lipinski definition) is 3. The number of nitrogens with one attached hydrogen (secondary N) is 2. The molecule has 2 amide bonds. The number of carbonyl (C=O) groups is 2. The van der Waals surface area contributed by atoms with Crippen LogP contribution in [0.3, 0.4) is 0 Å². The first-order valence-corrected chi connectivity index (χ1v) is 6.26. The largest absolute Gasteiger partial charge is 0.394 e. The van der Waals surface area contributed by atoms with E-state index in [1.54, 1.807) is 31.2 Å². The second kappa shape index (κ2) is 6.89. The molecule has 0 heterocycles. The van der Waals surface area contributed by atoms with Crippen molar-refractivity contribution in [2.45, 2.75) is 32.9 Å². The highest BCUT2D eigenvalue weighted by Gasteiger charge is 2.11. The summed E-state index contributed by atoms with van der Waals surface area (Å²) in [7, 11) is 0. The quantitative estimate of drug-likeness (QED) is 0.740. The summed E-state index contributed by atoms with van der Waals surface area (Å²) in [5, 5.41) is 14.3. The smallest absolute Gasteiger partial charge is 0.251 e. The molecule has 1 atom stereocenters. The fourth-order valence-corrected chi connectivity index (χ4v) is 1.47. The van der Waals surface area contributed by atoms with E-state index >= 15 is 0 Å². The SMILES string of the molecule is CC(C)NC(=O)c1ccc(C(=O)NC(C)CO)cc1. The van der Waals surface area contributed by atoms with Crippen molar-refractivity contribution >= 4 is 11.8 Å². The van der Waals surface area contributed by atoms with Gasteiger partial charge in [-0.3, -0.25) is 9.59 Å². The zero-order chi connectivity index (χ0) is 14.4. The molecule has 0 fully saturated rings. The van der Waals surface area contributed by atoms with Gasteiger partial charge in [-0.2, -0.15) is 0 Å². The third-order valence-corrected chi connectivity index (χ3v) is 2.48. The lowest BCUT2D eigenvalue weighted by Gasteiger charge is -2.11. The van der Waals surface area contributed by atoms with Crippen LogP contribution in [-0.4, -0.2) is 35.6 Å². The van der Waals surface area contributed by atoms with Crippen molar-refractivity contribution in [3.05, 3.63) is 35.4 Å². The Kier molecular flexibility index (Phi) is 5.51. The van der Waals surface area contributed by atoms with Gasteiger partial charge in [-0.1, -0.05) is 0 Å². The zero-order valence-electron chi connectivity index (χ0n) is 11.4. The van der Waals surface area contributed by atoms with Gasteiger partial charge in [0.1, 0.15) is 0 Å². The molecule has 0 saturated heterocycles. The lowest BCUT2D eigenvalue weighted by Crippen LogP contribution is -2.35. The van der Waals surface area contributed by atoms with Gasteiger partial charge in [0.15, 0.2) is 0 Å². The van der Waals surface area contributed by atoms with E-state index in [0.717, 1.165) is 0 Å². The maximum atomic E-state index is 11.8. The molecule has 5 heteroatoms. The van der Waals surface area contributed by atoms with Crippen LogP contribution in [0.2, 0.25) is 0 Å². The fourth-order valence-electron chi connectivity index (χ4n) is 1.47. The molecule has 19 heavy (non-hydrogen) atoms. The highest BCUT2D eigenvalue weighted by molar-refractivity contribution is 5.97. The van der Waals surface area contributed by atoms with E-state index in [0.29, 0.717) is 11.1 Å². The molecule has 3 N–H and O–H groups in total. The molecule has 1 unspecified atom stereocenters. The number of aliphatic hydroxyl groups excluding tert-OH is 1. The minimum Gasteiger partial charge on any atom is -0.394 e. The van der Waals surface area contributed by atoms with Gasteiger partial charge in [0.25, 0.3) is 11.8 Å². The summed E-state index contributed by atoms with van der Waals surface area (Å²) in [4.78, 5) is 23.5. The van der Waals surface area contributed by atoms with E-state index in [1.165, 1.54) is 0 Å². The number of benzene rings is 1. The molecule has 0 bridgehead atoms. The Morgan fingerprint density at radius 1 is 1.00 bits per heavy atom. The van der Waals surface area contributed by atoms with Crippen LogP contribution < -0.4 is 10.6 Å². The van der Waals surface area contributed by atoms with Crippen molar-refractivity contribution in [3.63, 3.8) is 0 Å². The summed E-state index contributed by atoms with van der Waals surface area (Å²) >= 11 is 0. The van der Waals surface area contributed by atoms with Crippen molar-refractivity contribution in [1.82, 2.24) is 10.6 Å². The van der Waals surface area contributed by atoms with Crippen LogP contribution in [0.1, 0.15) is 41.5 Å². The van der Waals surface area contributed by atoms with Gasteiger partial charge in [-0.15, -0.1) is 0 Å². The predicted octanol–water partition coefficient (Wildman–Crippen LogP) is 0.935. The van der Waals surface area contributed by atoms with Gasteiger partial charge in [-0.05, 0) is 45.0 Å². The molecule has 1 aromatic rings. The van der Waals surface area contributed by atoms with E-state index in [1.807, 2.05) is 13.8 Å². The average molecular weight is 264 g/mol. The van der Waals surface area contributed by atoms with Gasteiger partial charge in [0.2, 0.25) is 0 Å². The van der Waals surface area contributed by atoms with Crippen LogP contribution in [0.5, 0.6) is 0 Å². The summed E-state index contributed by atoms with van der Waals surface area (Å²) in [5.74, 6) is -0.428. The highest BCUT2D eigenvalue weighted by Crippen LogP contribution is 2.05. The lowest BCUT2D eigenvalue weighted by atomic mass is 10.1. The molecule has 0 aromatic heterocycles. The van der Waals surface area contributed by atoms with Crippen LogP contribution in [0.4, 0.5) is 0 Å². The van der Waals surface area contributed by atoms with Gasteiger partial charge in [-0.25, -0.2) is 0 Å². The Morgan fingerprint density at radius 3 is 1.79 bits per heavy atom. The van der Waals surface area contributed by atoms with Crippen molar-refractivity contribution in [3.8, 4) is 0 Å². The second-order valence-electron chi connectivity index (χ2n) is 4.76. The van der Waals surface area contributed by atoms with Gasteiger partial charge in [0.05, 0.1) is 6.61 Å². The molecule has 104 valence electrons. The lowest BCUT2D eigenvalue weighted by molar-refractivity contribution is 0.0917. The molecule has 0 spiro atoms. The Bertz CT molecular complexity index is 441. The molecule has 0 radical (unpaired) electrons. The maximum Gasteiger partial charge on any atom is 0.251 e. The standard InChI is InChI=1S/C14H20N2O3/c1-9(2)15-13(18)11-4-6-12(7-5-11)14(19)16-10(3)8-17/h4-7,9-10,17H,8H2,1-3H3,(H,15,18)(H,16,19). The maximum absolute atomic E-state index is 11.8. The molecule has 1 aromatic carbocycles. The summed E-state index contributed by atoms with van der Waals surface area (Å²) in [6, 6.07) is 6.17. The summed E-state index contributed by atoms with van der Waals surface area (Å²) in [6.45, 7) is 5.37. The normalized spacial score (nSPS) is 12.1. The molecule has 1 rings (SSSR count). The van der Waals surface area contributed by atoms with Crippen molar-refractivity contribution in [2.24, 2.45) is 0 Å². The number of aliphatic hydroxyl groups is 1. The average Bonchev–Trinajstić information content (AvgIpc) is 2.37. The first kappa shape index (κ1) is 15.2. The monoisotopic (exact) mass is 264 g/mol. The Morgan fingerprint density at radius 2 is 1.42 bits per heavy atom.